The summed E-state index contributed by atoms with van der Waals surface area (Å²) in [6.45, 7) is 3.70. The molecule has 1 aliphatic rings. The van der Waals surface area contributed by atoms with Crippen LogP contribution in [0.25, 0.3) is 0 Å². The Morgan fingerprint density at radius 2 is 1.81 bits per heavy atom. The predicted molar refractivity (Wildman–Crippen MR) is 102 cm³/mol. The predicted octanol–water partition coefficient (Wildman–Crippen LogP) is 2.02. The van der Waals surface area contributed by atoms with E-state index in [1.807, 2.05) is 19.1 Å². The lowest BCUT2D eigenvalue weighted by atomic mass is 9.86. The standard InChI is InChI=1S/C19H23N3O4S/c1-14-4-3-11-20-18(14)19(24)9-12-22(13-10-19)27(25,26)17-7-5-16(6-8-17)21-15(2)23/h3-8,11,24H,9-10,12-13H2,1-2H3,(H,21,23). The minimum Gasteiger partial charge on any atom is -0.383 e. The SMILES string of the molecule is CC(=O)Nc1ccc(S(=O)(=O)N2CCC(O)(c3ncccc3C)CC2)cc1. The van der Waals surface area contributed by atoms with Crippen molar-refractivity contribution >= 4 is 21.6 Å². The molecule has 144 valence electrons. The van der Waals surface area contributed by atoms with E-state index in [9.17, 15) is 18.3 Å². The third kappa shape index (κ3) is 4.02. The van der Waals surface area contributed by atoms with Crippen molar-refractivity contribution < 1.29 is 18.3 Å². The summed E-state index contributed by atoms with van der Waals surface area (Å²) in [6, 6.07) is 9.78. The number of pyridine rings is 1. The first-order valence-electron chi connectivity index (χ1n) is 8.75. The molecular formula is C19H23N3O4S. The molecule has 3 rings (SSSR count). The number of aliphatic hydroxyl groups is 1. The monoisotopic (exact) mass is 389 g/mol. The molecule has 2 heterocycles. The summed E-state index contributed by atoms with van der Waals surface area (Å²) in [5.74, 6) is -0.217. The minimum absolute atomic E-state index is 0.163. The van der Waals surface area contributed by atoms with Crippen molar-refractivity contribution in [3.8, 4) is 0 Å². The molecule has 1 aromatic carbocycles. The van der Waals surface area contributed by atoms with Crippen molar-refractivity contribution in [3.05, 3.63) is 53.9 Å². The zero-order chi connectivity index (χ0) is 19.7. The van der Waals surface area contributed by atoms with Crippen LogP contribution in [0.4, 0.5) is 5.69 Å². The number of hydrogen-bond donors (Lipinski definition) is 2. The Morgan fingerprint density at radius 1 is 1.19 bits per heavy atom. The van der Waals surface area contributed by atoms with Crippen LogP contribution in [0, 0.1) is 6.92 Å². The Kier molecular flexibility index (Phi) is 5.32. The third-order valence-corrected chi connectivity index (χ3v) is 6.73. The van der Waals surface area contributed by atoms with Crippen molar-refractivity contribution in [2.75, 3.05) is 18.4 Å². The smallest absolute Gasteiger partial charge is 0.243 e. The second-order valence-electron chi connectivity index (χ2n) is 6.81. The van der Waals surface area contributed by atoms with Gasteiger partial charge in [0.25, 0.3) is 0 Å². The van der Waals surface area contributed by atoms with Gasteiger partial charge in [0.1, 0.15) is 5.60 Å². The number of piperidine rings is 1. The quantitative estimate of drug-likeness (QED) is 0.833. The summed E-state index contributed by atoms with van der Waals surface area (Å²) in [4.78, 5) is 15.5. The van der Waals surface area contributed by atoms with Crippen LogP contribution in [-0.4, -0.2) is 41.8 Å². The first kappa shape index (κ1) is 19.5. The highest BCUT2D eigenvalue weighted by atomic mass is 32.2. The molecule has 0 aliphatic carbocycles. The first-order chi connectivity index (χ1) is 12.7. The van der Waals surface area contributed by atoms with Gasteiger partial charge in [0.15, 0.2) is 0 Å². The van der Waals surface area contributed by atoms with Gasteiger partial charge in [0.2, 0.25) is 15.9 Å². The molecular weight excluding hydrogens is 366 g/mol. The fraction of sp³-hybridized carbons (Fsp3) is 0.368. The second kappa shape index (κ2) is 7.38. The van der Waals surface area contributed by atoms with E-state index in [-0.39, 0.29) is 36.7 Å². The van der Waals surface area contributed by atoms with Gasteiger partial charge in [-0.2, -0.15) is 4.31 Å². The van der Waals surface area contributed by atoms with Crippen LogP contribution in [0.15, 0.2) is 47.5 Å². The maximum Gasteiger partial charge on any atom is 0.243 e. The van der Waals surface area contributed by atoms with Crippen LogP contribution in [0.5, 0.6) is 0 Å². The average Bonchev–Trinajstić information content (AvgIpc) is 2.62. The lowest BCUT2D eigenvalue weighted by Crippen LogP contribution is -2.45. The van der Waals surface area contributed by atoms with Crippen LogP contribution in [0.2, 0.25) is 0 Å². The molecule has 1 aromatic heterocycles. The number of anilines is 1. The molecule has 2 aromatic rings. The van der Waals surface area contributed by atoms with Gasteiger partial charge in [-0.15, -0.1) is 0 Å². The van der Waals surface area contributed by atoms with Gasteiger partial charge in [-0.05, 0) is 55.7 Å². The third-order valence-electron chi connectivity index (χ3n) is 4.81. The molecule has 27 heavy (non-hydrogen) atoms. The number of sulfonamides is 1. The molecule has 0 bridgehead atoms. The van der Waals surface area contributed by atoms with Crippen molar-refractivity contribution in [1.82, 2.24) is 9.29 Å². The zero-order valence-corrected chi connectivity index (χ0v) is 16.2. The van der Waals surface area contributed by atoms with Gasteiger partial charge in [0.05, 0.1) is 10.6 Å². The number of carbonyl (C=O) groups excluding carboxylic acids is 1. The highest BCUT2D eigenvalue weighted by Crippen LogP contribution is 2.35. The fourth-order valence-corrected chi connectivity index (χ4v) is 4.81. The van der Waals surface area contributed by atoms with Crippen molar-refractivity contribution in [2.45, 2.75) is 37.2 Å². The molecule has 0 saturated carbocycles. The van der Waals surface area contributed by atoms with Gasteiger partial charge >= 0.3 is 0 Å². The summed E-state index contributed by atoms with van der Waals surface area (Å²) < 4.78 is 27.1. The van der Waals surface area contributed by atoms with E-state index in [2.05, 4.69) is 10.3 Å². The van der Waals surface area contributed by atoms with Crippen LogP contribution in [-0.2, 0) is 20.4 Å². The van der Waals surface area contributed by atoms with E-state index in [0.29, 0.717) is 11.4 Å². The van der Waals surface area contributed by atoms with Crippen molar-refractivity contribution in [2.24, 2.45) is 0 Å². The minimum atomic E-state index is -3.66. The van der Waals surface area contributed by atoms with Gasteiger partial charge in [0, 0.05) is 31.9 Å². The fourth-order valence-electron chi connectivity index (χ4n) is 3.37. The Hall–Kier alpha value is -2.29. The summed E-state index contributed by atoms with van der Waals surface area (Å²) in [7, 11) is -3.66. The zero-order valence-electron chi connectivity index (χ0n) is 15.3. The molecule has 1 amide bonds. The number of aryl methyl sites for hydroxylation is 1. The highest BCUT2D eigenvalue weighted by Gasteiger charge is 2.39. The number of nitrogens with one attached hydrogen (secondary N) is 1. The van der Waals surface area contributed by atoms with Crippen LogP contribution in [0.1, 0.15) is 31.0 Å². The molecule has 0 radical (unpaired) electrons. The van der Waals surface area contributed by atoms with E-state index >= 15 is 0 Å². The van der Waals surface area contributed by atoms with Crippen LogP contribution >= 0.6 is 0 Å². The van der Waals surface area contributed by atoms with Crippen LogP contribution in [0.3, 0.4) is 0 Å². The average molecular weight is 389 g/mol. The molecule has 0 spiro atoms. The van der Waals surface area contributed by atoms with Crippen molar-refractivity contribution in [3.63, 3.8) is 0 Å². The Morgan fingerprint density at radius 3 is 2.37 bits per heavy atom. The van der Waals surface area contributed by atoms with Gasteiger partial charge < -0.3 is 10.4 Å². The molecule has 1 fully saturated rings. The number of nitrogens with zero attached hydrogens (tertiary/aromatic N) is 2. The number of aromatic nitrogens is 1. The molecule has 8 heteroatoms. The number of benzene rings is 1. The Bertz CT molecular complexity index is 934. The van der Waals surface area contributed by atoms with E-state index in [1.165, 1.54) is 23.4 Å². The second-order valence-corrected chi connectivity index (χ2v) is 8.75. The van der Waals surface area contributed by atoms with Crippen LogP contribution < -0.4 is 5.32 Å². The first-order valence-corrected chi connectivity index (χ1v) is 10.2. The normalized spacial score (nSPS) is 17.4. The van der Waals surface area contributed by atoms with E-state index in [1.54, 1.807) is 18.3 Å². The molecule has 2 N–H and O–H groups in total. The molecule has 7 nitrogen and oxygen atoms in total. The molecule has 0 unspecified atom stereocenters. The highest BCUT2D eigenvalue weighted by molar-refractivity contribution is 7.89. The summed E-state index contributed by atoms with van der Waals surface area (Å²) in [5.41, 5.74) is 0.929. The Labute approximate surface area is 159 Å². The molecule has 1 aliphatic heterocycles. The number of rotatable bonds is 4. The van der Waals surface area contributed by atoms with E-state index < -0.39 is 15.6 Å². The molecule has 1 saturated heterocycles. The van der Waals surface area contributed by atoms with Gasteiger partial charge in [-0.25, -0.2) is 8.42 Å². The summed E-state index contributed by atoms with van der Waals surface area (Å²) >= 11 is 0. The Balaban J connectivity index is 1.75. The molecule has 0 atom stereocenters. The lowest BCUT2D eigenvalue weighted by molar-refractivity contribution is -0.114. The maximum atomic E-state index is 12.9. The number of hydrogen-bond acceptors (Lipinski definition) is 5. The topological polar surface area (TPSA) is 99.6 Å². The number of carbonyl (C=O) groups is 1. The summed E-state index contributed by atoms with van der Waals surface area (Å²) in [6.07, 6.45) is 2.21. The van der Waals surface area contributed by atoms with E-state index in [4.69, 9.17) is 0 Å². The van der Waals surface area contributed by atoms with Gasteiger partial charge in [-0.1, -0.05) is 6.07 Å². The lowest BCUT2D eigenvalue weighted by Gasteiger charge is -2.37. The summed E-state index contributed by atoms with van der Waals surface area (Å²) in [5, 5.41) is 13.6. The van der Waals surface area contributed by atoms with E-state index in [0.717, 1.165) is 5.56 Å². The number of amides is 1. The van der Waals surface area contributed by atoms with Gasteiger partial charge in [-0.3, -0.25) is 9.78 Å². The van der Waals surface area contributed by atoms with Crippen molar-refractivity contribution in [1.29, 1.82) is 0 Å². The largest absolute Gasteiger partial charge is 0.383 e. The maximum absolute atomic E-state index is 12.9.